The van der Waals surface area contributed by atoms with Crippen LogP contribution in [0.4, 0.5) is 33.5 Å². The second kappa shape index (κ2) is 7.42. The molecule has 0 radical (unpaired) electrons. The minimum absolute atomic E-state index is 0.0173. The van der Waals surface area contributed by atoms with E-state index >= 15 is 0 Å². The van der Waals surface area contributed by atoms with Gasteiger partial charge < -0.3 is 11.1 Å². The van der Waals surface area contributed by atoms with E-state index in [4.69, 9.17) is 5.73 Å². The van der Waals surface area contributed by atoms with Crippen LogP contribution in [0.3, 0.4) is 0 Å². The highest BCUT2D eigenvalue weighted by Gasteiger charge is 2.54. The lowest BCUT2D eigenvalue weighted by molar-refractivity contribution is -0.137. The Hall–Kier alpha value is -3.24. The minimum atomic E-state index is -4.56. The monoisotopic (exact) mass is 453 g/mol. The Kier molecular flexibility index (Phi) is 5.09. The zero-order valence-corrected chi connectivity index (χ0v) is 17.2. The third-order valence-corrected chi connectivity index (χ3v) is 5.91. The summed E-state index contributed by atoms with van der Waals surface area (Å²) in [6.45, 7) is 1.62. The number of halogens is 5. The predicted molar refractivity (Wildman–Crippen MR) is 110 cm³/mol. The molecule has 0 unspecified atom stereocenters. The third-order valence-electron chi connectivity index (χ3n) is 5.91. The number of benzene rings is 1. The number of nitrogens with two attached hydrogens (primary N) is 1. The van der Waals surface area contributed by atoms with E-state index in [9.17, 15) is 26.7 Å². The van der Waals surface area contributed by atoms with Crippen LogP contribution in [0.25, 0.3) is 11.0 Å². The van der Waals surface area contributed by atoms with Crippen LogP contribution < -0.4 is 16.6 Å². The van der Waals surface area contributed by atoms with Crippen molar-refractivity contribution in [1.29, 1.82) is 0 Å². The Morgan fingerprint density at radius 3 is 2.44 bits per heavy atom. The molecule has 1 atom stereocenters. The maximum absolute atomic E-state index is 13.7. The largest absolute Gasteiger partial charge is 0.416 e. The van der Waals surface area contributed by atoms with Crippen molar-refractivity contribution < 1.29 is 22.0 Å². The van der Waals surface area contributed by atoms with Gasteiger partial charge in [-0.2, -0.15) is 13.2 Å². The van der Waals surface area contributed by atoms with Crippen molar-refractivity contribution in [2.75, 3.05) is 11.1 Å². The molecule has 0 spiro atoms. The topological polar surface area (TPSA) is 85.8 Å². The summed E-state index contributed by atoms with van der Waals surface area (Å²) in [6, 6.07) is 3.94. The Balaban J connectivity index is 1.78. The molecule has 0 amide bonds. The molecule has 4 rings (SSSR count). The van der Waals surface area contributed by atoms with Crippen molar-refractivity contribution in [3.63, 3.8) is 0 Å². The van der Waals surface area contributed by atoms with Crippen LogP contribution in [0, 0.1) is 0 Å². The number of hydrogen-bond donors (Lipinski definition) is 2. The molecule has 170 valence electrons. The van der Waals surface area contributed by atoms with Crippen LogP contribution in [-0.4, -0.2) is 21.0 Å². The van der Waals surface area contributed by atoms with Gasteiger partial charge in [0, 0.05) is 18.3 Å². The van der Waals surface area contributed by atoms with E-state index in [1.807, 2.05) is 0 Å². The lowest BCUT2D eigenvalue weighted by atomic mass is 9.96. The summed E-state index contributed by atoms with van der Waals surface area (Å²) in [7, 11) is 1.43. The van der Waals surface area contributed by atoms with Gasteiger partial charge in [0.05, 0.1) is 22.4 Å². The van der Waals surface area contributed by atoms with Gasteiger partial charge in [-0.1, -0.05) is 0 Å². The van der Waals surface area contributed by atoms with Crippen molar-refractivity contribution in [1.82, 2.24) is 14.5 Å². The van der Waals surface area contributed by atoms with Crippen molar-refractivity contribution >= 4 is 22.5 Å². The predicted octanol–water partition coefficient (Wildman–Crippen LogP) is 4.40. The summed E-state index contributed by atoms with van der Waals surface area (Å²) >= 11 is 0. The Bertz CT molecular complexity index is 1250. The normalized spacial score (nSPS) is 16.4. The van der Waals surface area contributed by atoms with Gasteiger partial charge in [0.15, 0.2) is 0 Å². The molecule has 1 aliphatic carbocycles. The number of aromatic nitrogens is 3. The van der Waals surface area contributed by atoms with Gasteiger partial charge in [-0.05, 0) is 49.6 Å². The fourth-order valence-corrected chi connectivity index (χ4v) is 3.86. The number of pyridine rings is 1. The number of nitrogen functional groups attached to an aromatic ring is 1. The fraction of sp³-hybridized carbons (Fsp3) is 0.381. The molecule has 1 fully saturated rings. The average Bonchev–Trinajstić information content (AvgIpc) is 3.52. The number of nitrogens with zero attached hydrogens (tertiary/aromatic N) is 3. The Morgan fingerprint density at radius 2 is 1.84 bits per heavy atom. The lowest BCUT2D eigenvalue weighted by Gasteiger charge is -2.20. The first kappa shape index (κ1) is 22.0. The first-order valence-electron chi connectivity index (χ1n) is 9.81. The smallest absolute Gasteiger partial charge is 0.399 e. The first-order chi connectivity index (χ1) is 14.9. The van der Waals surface area contributed by atoms with Crippen LogP contribution in [-0.2, 0) is 18.6 Å². The molecule has 0 bridgehead atoms. The third kappa shape index (κ3) is 3.65. The summed E-state index contributed by atoms with van der Waals surface area (Å²) < 4.78 is 68.0. The minimum Gasteiger partial charge on any atom is -0.399 e. The van der Waals surface area contributed by atoms with Crippen molar-refractivity contribution in [3.05, 3.63) is 57.6 Å². The van der Waals surface area contributed by atoms with E-state index in [1.54, 1.807) is 6.92 Å². The molecular weight excluding hydrogens is 433 g/mol. The Morgan fingerprint density at radius 1 is 1.16 bits per heavy atom. The van der Waals surface area contributed by atoms with Gasteiger partial charge in [0.25, 0.3) is 5.56 Å². The van der Waals surface area contributed by atoms with Gasteiger partial charge in [-0.25, -0.2) is 18.7 Å². The lowest BCUT2D eigenvalue weighted by Crippen LogP contribution is -2.31. The summed E-state index contributed by atoms with van der Waals surface area (Å²) in [5.74, 6) is 0.209. The highest BCUT2D eigenvalue weighted by atomic mass is 19.4. The molecule has 0 saturated heterocycles. The quantitative estimate of drug-likeness (QED) is 0.442. The number of nitrogens with one attached hydrogen (secondary N) is 1. The van der Waals surface area contributed by atoms with Crippen LogP contribution in [0.5, 0.6) is 0 Å². The van der Waals surface area contributed by atoms with Gasteiger partial charge in [-0.3, -0.25) is 9.36 Å². The first-order valence-corrected chi connectivity index (χ1v) is 9.81. The van der Waals surface area contributed by atoms with Crippen LogP contribution in [0.15, 0.2) is 35.4 Å². The van der Waals surface area contributed by atoms with Gasteiger partial charge in [0.1, 0.15) is 17.8 Å². The van der Waals surface area contributed by atoms with E-state index in [1.165, 1.54) is 30.1 Å². The van der Waals surface area contributed by atoms with E-state index in [0.29, 0.717) is 5.39 Å². The zero-order chi connectivity index (χ0) is 23.4. The summed E-state index contributed by atoms with van der Waals surface area (Å²) in [4.78, 5) is 21.0. The molecule has 1 saturated carbocycles. The number of rotatable bonds is 5. The second-order valence-corrected chi connectivity index (χ2v) is 8.09. The van der Waals surface area contributed by atoms with E-state index in [0.717, 1.165) is 12.1 Å². The van der Waals surface area contributed by atoms with Crippen molar-refractivity contribution in [2.24, 2.45) is 7.05 Å². The average molecular weight is 453 g/mol. The number of anilines is 2. The summed E-state index contributed by atoms with van der Waals surface area (Å²) in [5, 5.41) is 3.33. The Labute approximate surface area is 179 Å². The number of alkyl halides is 5. The van der Waals surface area contributed by atoms with Crippen molar-refractivity contribution in [3.8, 4) is 0 Å². The molecule has 3 aromatic rings. The van der Waals surface area contributed by atoms with E-state index < -0.39 is 35.2 Å². The molecule has 0 aliphatic heterocycles. The highest BCUT2D eigenvalue weighted by molar-refractivity contribution is 5.87. The molecule has 32 heavy (non-hydrogen) atoms. The number of aryl methyl sites for hydroxylation is 1. The standard InChI is InChI=1S/C21H20F5N5O/c1-10(11-5-12(21(24,25)26)7-13(27)6-11)30-16-14-8-15(20(3-4-20)19(22)23)18(32)31(2)17(14)29-9-28-16/h5-10,19H,3-4,27H2,1-2H3,(H,28,29,30)/t10-/m1/s1. The summed E-state index contributed by atoms with van der Waals surface area (Å²) in [5.41, 5.74) is 3.14. The molecule has 1 aromatic carbocycles. The molecule has 1 aliphatic rings. The maximum Gasteiger partial charge on any atom is 0.416 e. The van der Waals surface area contributed by atoms with Crippen LogP contribution in [0.2, 0.25) is 0 Å². The second-order valence-electron chi connectivity index (χ2n) is 8.09. The van der Waals surface area contributed by atoms with Crippen LogP contribution >= 0.6 is 0 Å². The molecular formula is C21H20F5N5O. The summed E-state index contributed by atoms with van der Waals surface area (Å²) in [6.07, 6.45) is -5.67. The fourth-order valence-electron chi connectivity index (χ4n) is 3.86. The molecule has 6 nitrogen and oxygen atoms in total. The van der Waals surface area contributed by atoms with Gasteiger partial charge >= 0.3 is 6.18 Å². The number of fused-ring (bicyclic) bond motifs is 1. The molecule has 3 N–H and O–H groups in total. The van der Waals surface area contributed by atoms with Crippen molar-refractivity contribution in [2.45, 2.75) is 43.8 Å². The maximum atomic E-state index is 13.7. The zero-order valence-electron chi connectivity index (χ0n) is 17.2. The van der Waals surface area contributed by atoms with Gasteiger partial charge in [-0.15, -0.1) is 0 Å². The van der Waals surface area contributed by atoms with Gasteiger partial charge in [0.2, 0.25) is 6.43 Å². The molecule has 11 heteroatoms. The molecule has 2 heterocycles. The number of hydrogen-bond acceptors (Lipinski definition) is 5. The highest BCUT2D eigenvalue weighted by Crippen LogP contribution is 2.52. The SMILES string of the molecule is C[C@@H](Nc1ncnc2c1cc(C1(C(F)F)CC1)c(=O)n2C)c1cc(N)cc(C(F)(F)F)c1. The van der Waals surface area contributed by atoms with E-state index in [-0.39, 0.29) is 41.1 Å². The van der Waals surface area contributed by atoms with Crippen LogP contribution in [0.1, 0.15) is 42.5 Å². The van der Waals surface area contributed by atoms with E-state index in [2.05, 4.69) is 15.3 Å². The molecule has 2 aromatic heterocycles.